The van der Waals surface area contributed by atoms with Crippen molar-refractivity contribution >= 4 is 5.91 Å². The minimum Gasteiger partial charge on any atom is -0.492 e. The van der Waals surface area contributed by atoms with Crippen LogP contribution in [0.1, 0.15) is 27.2 Å². The third kappa shape index (κ3) is 1.90. The zero-order valence-electron chi connectivity index (χ0n) is 11.4. The van der Waals surface area contributed by atoms with E-state index in [9.17, 15) is 9.18 Å². The summed E-state index contributed by atoms with van der Waals surface area (Å²) >= 11 is 0. The molecular weight excluding hydrogens is 273 g/mol. The highest BCUT2D eigenvalue weighted by molar-refractivity contribution is 5.97. The number of fused-ring (bicyclic) bond motifs is 2. The molecule has 0 saturated carbocycles. The lowest BCUT2D eigenvalue weighted by molar-refractivity contribution is 0.0730. The molecule has 6 heteroatoms. The number of carbonyl (C=O) groups excluding carboxylic acids is 1. The van der Waals surface area contributed by atoms with Crippen molar-refractivity contribution in [2.75, 3.05) is 13.2 Å². The van der Waals surface area contributed by atoms with E-state index >= 15 is 0 Å². The molecule has 2 aliphatic heterocycles. The van der Waals surface area contributed by atoms with Crippen LogP contribution < -0.4 is 4.74 Å². The quantitative estimate of drug-likeness (QED) is 0.868. The van der Waals surface area contributed by atoms with Gasteiger partial charge in [0.2, 0.25) is 0 Å². The molecule has 0 bridgehead atoms. The summed E-state index contributed by atoms with van der Waals surface area (Å²) in [5.41, 5.74) is 3.09. The fraction of sp³-hybridized carbons (Fsp3) is 0.333. The maximum atomic E-state index is 13.7. The van der Waals surface area contributed by atoms with Crippen molar-refractivity contribution in [3.05, 3.63) is 46.5 Å². The Morgan fingerprint density at radius 1 is 1.38 bits per heavy atom. The summed E-state index contributed by atoms with van der Waals surface area (Å²) in [7, 11) is 0. The van der Waals surface area contributed by atoms with Gasteiger partial charge in [-0.05, 0) is 12.1 Å². The molecule has 21 heavy (non-hydrogen) atoms. The first-order valence-electron chi connectivity index (χ1n) is 6.98. The predicted octanol–water partition coefficient (Wildman–Crippen LogP) is 1.68. The third-order valence-electron chi connectivity index (χ3n) is 4.12. The van der Waals surface area contributed by atoms with Gasteiger partial charge in [0.15, 0.2) is 0 Å². The fourth-order valence-corrected chi connectivity index (χ4v) is 2.99. The Hall–Kier alpha value is -2.37. The highest BCUT2D eigenvalue weighted by Gasteiger charge is 2.29. The molecule has 0 aliphatic carbocycles. The van der Waals surface area contributed by atoms with Gasteiger partial charge >= 0.3 is 0 Å². The summed E-state index contributed by atoms with van der Waals surface area (Å²) in [5, 5.41) is 6.95. The number of nitrogens with zero attached hydrogens (tertiary/aromatic N) is 2. The van der Waals surface area contributed by atoms with Gasteiger partial charge in [0.1, 0.15) is 11.6 Å². The van der Waals surface area contributed by atoms with Gasteiger partial charge in [-0.25, -0.2) is 4.39 Å². The predicted molar refractivity (Wildman–Crippen MR) is 72.6 cm³/mol. The van der Waals surface area contributed by atoms with Gasteiger partial charge in [0, 0.05) is 42.8 Å². The standard InChI is InChI=1S/C15H14FN3O2/c16-12-2-1-11(14-10(12)4-6-21-14)15(20)19-5-3-13-9(8-19)7-17-18-13/h1-2,7H,3-6,8H2,(H,17,18). The van der Waals surface area contributed by atoms with Crippen LogP contribution >= 0.6 is 0 Å². The lowest BCUT2D eigenvalue weighted by Crippen LogP contribution is -2.35. The second-order valence-corrected chi connectivity index (χ2v) is 5.35. The highest BCUT2D eigenvalue weighted by atomic mass is 19.1. The maximum absolute atomic E-state index is 13.7. The number of nitrogens with one attached hydrogen (secondary N) is 1. The van der Waals surface area contributed by atoms with E-state index in [1.165, 1.54) is 12.1 Å². The second-order valence-electron chi connectivity index (χ2n) is 5.35. The summed E-state index contributed by atoms with van der Waals surface area (Å²) in [5.74, 6) is 0.00723. The normalized spacial score (nSPS) is 16.3. The summed E-state index contributed by atoms with van der Waals surface area (Å²) in [6.07, 6.45) is 3.03. The van der Waals surface area contributed by atoms with Crippen LogP contribution in [0.5, 0.6) is 5.75 Å². The molecule has 1 aromatic heterocycles. The molecule has 3 heterocycles. The van der Waals surface area contributed by atoms with Gasteiger partial charge in [0.05, 0.1) is 18.4 Å². The number of rotatable bonds is 1. The van der Waals surface area contributed by atoms with Gasteiger partial charge in [-0.15, -0.1) is 0 Å². The van der Waals surface area contributed by atoms with E-state index in [-0.39, 0.29) is 11.7 Å². The van der Waals surface area contributed by atoms with Gasteiger partial charge in [0.25, 0.3) is 5.91 Å². The molecule has 2 aromatic rings. The molecule has 0 fully saturated rings. The van der Waals surface area contributed by atoms with Crippen LogP contribution in [0.15, 0.2) is 18.3 Å². The summed E-state index contributed by atoms with van der Waals surface area (Å²) < 4.78 is 19.2. The largest absolute Gasteiger partial charge is 0.492 e. The molecule has 108 valence electrons. The Bertz CT molecular complexity index is 726. The van der Waals surface area contributed by atoms with Crippen LogP contribution in [0, 0.1) is 5.82 Å². The molecular formula is C15H14FN3O2. The van der Waals surface area contributed by atoms with Crippen LogP contribution in [-0.2, 0) is 19.4 Å². The Labute approximate surface area is 120 Å². The SMILES string of the molecule is O=C(c1ccc(F)c2c1OCC2)N1CCc2[nH]ncc2C1. The molecule has 4 rings (SSSR count). The van der Waals surface area contributed by atoms with Crippen LogP contribution in [0.3, 0.4) is 0 Å². The molecule has 1 aromatic carbocycles. The van der Waals surface area contributed by atoms with E-state index in [1.807, 2.05) is 0 Å². The minimum atomic E-state index is -0.296. The number of hydrogen-bond donors (Lipinski definition) is 1. The third-order valence-corrected chi connectivity index (χ3v) is 4.12. The average Bonchev–Trinajstić information content (AvgIpc) is 3.15. The summed E-state index contributed by atoms with van der Waals surface area (Å²) in [6, 6.07) is 2.88. The van der Waals surface area contributed by atoms with Gasteiger partial charge < -0.3 is 9.64 Å². The highest BCUT2D eigenvalue weighted by Crippen LogP contribution is 2.33. The number of benzene rings is 1. The van der Waals surface area contributed by atoms with Crippen LogP contribution in [-0.4, -0.2) is 34.2 Å². The summed E-state index contributed by atoms with van der Waals surface area (Å²) in [4.78, 5) is 14.5. The molecule has 2 aliphatic rings. The number of ether oxygens (including phenoxy) is 1. The van der Waals surface area contributed by atoms with Crippen molar-refractivity contribution in [3.63, 3.8) is 0 Å². The first kappa shape index (κ1) is 12.4. The van der Waals surface area contributed by atoms with E-state index in [0.717, 1.165) is 17.7 Å². The number of H-pyrrole nitrogens is 1. The maximum Gasteiger partial charge on any atom is 0.257 e. The van der Waals surface area contributed by atoms with E-state index in [0.29, 0.717) is 43.0 Å². The van der Waals surface area contributed by atoms with Crippen molar-refractivity contribution in [1.82, 2.24) is 15.1 Å². The van der Waals surface area contributed by atoms with E-state index in [4.69, 9.17) is 4.74 Å². The van der Waals surface area contributed by atoms with E-state index in [2.05, 4.69) is 10.2 Å². The monoisotopic (exact) mass is 287 g/mol. The topological polar surface area (TPSA) is 58.2 Å². The van der Waals surface area contributed by atoms with Crippen molar-refractivity contribution in [2.45, 2.75) is 19.4 Å². The first-order chi connectivity index (χ1) is 10.2. The smallest absolute Gasteiger partial charge is 0.257 e. The van der Waals surface area contributed by atoms with Crippen LogP contribution in [0.4, 0.5) is 4.39 Å². The van der Waals surface area contributed by atoms with Crippen molar-refractivity contribution < 1.29 is 13.9 Å². The Kier molecular flexibility index (Phi) is 2.70. The number of carbonyl (C=O) groups is 1. The Morgan fingerprint density at radius 2 is 2.29 bits per heavy atom. The van der Waals surface area contributed by atoms with Gasteiger partial charge in [-0.2, -0.15) is 5.10 Å². The average molecular weight is 287 g/mol. The van der Waals surface area contributed by atoms with E-state index in [1.54, 1.807) is 11.1 Å². The van der Waals surface area contributed by atoms with Gasteiger partial charge in [-0.3, -0.25) is 9.89 Å². The molecule has 0 atom stereocenters. The van der Waals surface area contributed by atoms with Crippen molar-refractivity contribution in [2.24, 2.45) is 0 Å². The molecule has 0 spiro atoms. The van der Waals surface area contributed by atoms with Gasteiger partial charge in [-0.1, -0.05) is 0 Å². The lowest BCUT2D eigenvalue weighted by atomic mass is 10.0. The van der Waals surface area contributed by atoms with Crippen LogP contribution in [0.2, 0.25) is 0 Å². The lowest BCUT2D eigenvalue weighted by Gasteiger charge is -2.27. The van der Waals surface area contributed by atoms with Crippen molar-refractivity contribution in [3.8, 4) is 5.75 Å². The summed E-state index contributed by atoms with van der Waals surface area (Å²) in [6.45, 7) is 1.58. The zero-order valence-corrected chi connectivity index (χ0v) is 11.4. The second kappa shape index (κ2) is 4.58. The molecule has 0 saturated heterocycles. The number of halogens is 1. The molecule has 0 unspecified atom stereocenters. The Morgan fingerprint density at radius 3 is 3.19 bits per heavy atom. The minimum absolute atomic E-state index is 0.111. The number of hydrogen-bond acceptors (Lipinski definition) is 3. The fourth-order valence-electron chi connectivity index (χ4n) is 2.99. The molecule has 0 radical (unpaired) electrons. The van der Waals surface area contributed by atoms with Crippen molar-refractivity contribution in [1.29, 1.82) is 0 Å². The number of aromatic nitrogens is 2. The molecule has 1 amide bonds. The van der Waals surface area contributed by atoms with E-state index < -0.39 is 0 Å². The number of aromatic amines is 1. The first-order valence-corrected chi connectivity index (χ1v) is 6.98. The zero-order chi connectivity index (χ0) is 14.4. The molecule has 1 N–H and O–H groups in total. The Balaban J connectivity index is 1.66. The number of amides is 1. The van der Waals surface area contributed by atoms with Crippen LogP contribution in [0.25, 0.3) is 0 Å². The molecule has 5 nitrogen and oxygen atoms in total.